The van der Waals surface area contributed by atoms with Crippen LogP contribution in [0.1, 0.15) is 46.2 Å². The highest BCUT2D eigenvalue weighted by atomic mass is 16.5. The zero-order chi connectivity index (χ0) is 18.7. The van der Waals surface area contributed by atoms with E-state index in [1.165, 1.54) is 12.8 Å². The van der Waals surface area contributed by atoms with E-state index in [9.17, 15) is 9.90 Å². The second kappa shape index (κ2) is 7.85. The number of aliphatic hydroxyl groups excluding tert-OH is 1. The Morgan fingerprint density at radius 1 is 1.48 bits per heavy atom. The average molecular weight is 352 g/mol. The molecule has 1 fully saturated rings. The van der Waals surface area contributed by atoms with Crippen LogP contribution in [0.2, 0.25) is 0 Å². The van der Waals surface area contributed by atoms with Crippen molar-refractivity contribution >= 4 is 11.8 Å². The van der Waals surface area contributed by atoms with Gasteiger partial charge < -0.3 is 14.9 Å². The maximum atomic E-state index is 12.7. The van der Waals surface area contributed by atoms with E-state index in [1.54, 1.807) is 6.07 Å². The van der Waals surface area contributed by atoms with Crippen LogP contribution in [0.3, 0.4) is 0 Å². The van der Waals surface area contributed by atoms with Gasteiger partial charge in [0, 0.05) is 18.0 Å². The highest BCUT2D eigenvalue weighted by Gasteiger charge is 2.34. The first-order valence-electron chi connectivity index (χ1n) is 8.98. The quantitative estimate of drug-likeness (QED) is 0.690. The van der Waals surface area contributed by atoms with E-state index in [1.807, 2.05) is 34.7 Å². The van der Waals surface area contributed by atoms with Gasteiger partial charge in [0.05, 0.1) is 17.8 Å². The lowest BCUT2D eigenvalue weighted by Gasteiger charge is -2.37. The van der Waals surface area contributed by atoms with E-state index < -0.39 is 11.0 Å². The first-order valence-corrected chi connectivity index (χ1v) is 8.98. The molecule has 0 aliphatic carbocycles. The number of aromatic nitrogens is 1. The number of carbonyl (C=O) groups excluding carboxylic acids is 1. The molecule has 0 spiro atoms. The fraction of sp³-hybridized carbons (Fsp3) is 0.778. The number of amides is 1. The van der Waals surface area contributed by atoms with Gasteiger partial charge in [0.25, 0.3) is 0 Å². The van der Waals surface area contributed by atoms with Crippen LogP contribution in [-0.2, 0) is 10.2 Å². The molecule has 1 aliphatic rings. The maximum Gasteiger partial charge on any atom is 0.246 e. The van der Waals surface area contributed by atoms with Crippen molar-refractivity contribution in [3.05, 3.63) is 11.8 Å². The molecule has 142 valence electrons. The predicted molar refractivity (Wildman–Crippen MR) is 97.5 cm³/mol. The monoisotopic (exact) mass is 352 g/mol. The molecule has 1 aromatic rings. The van der Waals surface area contributed by atoms with Crippen LogP contribution in [0.5, 0.6) is 0 Å². The van der Waals surface area contributed by atoms with E-state index in [0.29, 0.717) is 17.5 Å². The van der Waals surface area contributed by atoms with E-state index in [-0.39, 0.29) is 12.5 Å². The number of nitrogens with zero attached hydrogens (tertiary/aromatic N) is 2. The fourth-order valence-corrected chi connectivity index (χ4v) is 2.87. The number of aliphatic hydroxyl groups is 1. The zero-order valence-corrected chi connectivity index (χ0v) is 16.1. The number of rotatable bonds is 7. The van der Waals surface area contributed by atoms with Crippen LogP contribution in [0, 0.1) is 5.92 Å². The standard InChI is InChI=1S/C18H32N4O3/c1-17(2,12-23)14-9-15(25-21-14)20-16(24)18(3,4)22(5)11-13-7-6-8-19-10-13/h9,13,19,23H,6-8,10-12H2,1-5H3,(H,20,24)/t13-/m1/s1. The highest BCUT2D eigenvalue weighted by Crippen LogP contribution is 2.25. The molecule has 1 atom stereocenters. The molecule has 0 radical (unpaired) electrons. The van der Waals surface area contributed by atoms with Gasteiger partial charge in [-0.25, -0.2) is 0 Å². The van der Waals surface area contributed by atoms with Crippen LogP contribution in [0.25, 0.3) is 0 Å². The van der Waals surface area contributed by atoms with Crippen molar-refractivity contribution < 1.29 is 14.4 Å². The third-order valence-electron chi connectivity index (χ3n) is 5.28. The minimum absolute atomic E-state index is 0.0451. The van der Waals surface area contributed by atoms with Crippen LogP contribution in [0.15, 0.2) is 10.6 Å². The molecule has 7 heteroatoms. The zero-order valence-electron chi connectivity index (χ0n) is 16.1. The molecule has 0 bridgehead atoms. The van der Waals surface area contributed by atoms with Crippen molar-refractivity contribution in [1.82, 2.24) is 15.4 Å². The molecular weight excluding hydrogens is 320 g/mol. The van der Waals surface area contributed by atoms with E-state index in [0.717, 1.165) is 19.6 Å². The molecule has 3 N–H and O–H groups in total. The number of hydrogen-bond acceptors (Lipinski definition) is 6. The molecular formula is C18H32N4O3. The molecule has 7 nitrogen and oxygen atoms in total. The van der Waals surface area contributed by atoms with Crippen molar-refractivity contribution in [2.24, 2.45) is 5.92 Å². The summed E-state index contributed by atoms with van der Waals surface area (Å²) in [5.41, 5.74) is -0.561. The first kappa shape index (κ1) is 19.9. The summed E-state index contributed by atoms with van der Waals surface area (Å²) in [6, 6.07) is 1.68. The van der Waals surface area contributed by atoms with Crippen molar-refractivity contribution in [3.63, 3.8) is 0 Å². The summed E-state index contributed by atoms with van der Waals surface area (Å²) < 4.78 is 5.23. The smallest absolute Gasteiger partial charge is 0.246 e. The average Bonchev–Trinajstić information content (AvgIpc) is 3.05. The van der Waals surface area contributed by atoms with Gasteiger partial charge in [-0.15, -0.1) is 0 Å². The van der Waals surface area contributed by atoms with Gasteiger partial charge in [0.15, 0.2) is 0 Å². The minimum Gasteiger partial charge on any atom is -0.395 e. The summed E-state index contributed by atoms with van der Waals surface area (Å²) in [5, 5.41) is 19.6. The lowest BCUT2D eigenvalue weighted by atomic mass is 9.91. The molecule has 1 saturated heterocycles. The Hall–Kier alpha value is -1.44. The SMILES string of the molecule is CN(C[C@@H]1CCCNC1)C(C)(C)C(=O)Nc1cc(C(C)(C)CO)no1. The van der Waals surface area contributed by atoms with E-state index >= 15 is 0 Å². The van der Waals surface area contributed by atoms with Gasteiger partial charge in [-0.2, -0.15) is 0 Å². The van der Waals surface area contributed by atoms with Crippen LogP contribution < -0.4 is 10.6 Å². The number of piperidine rings is 1. The Labute approximate surface area is 150 Å². The molecule has 0 saturated carbocycles. The Balaban J connectivity index is 1.98. The number of likely N-dealkylation sites (N-methyl/N-ethyl adjacent to an activating group) is 1. The predicted octanol–water partition coefficient (Wildman–Crippen LogP) is 1.59. The second-order valence-electron chi connectivity index (χ2n) is 8.22. The Morgan fingerprint density at radius 3 is 2.80 bits per heavy atom. The van der Waals surface area contributed by atoms with Crippen LogP contribution in [-0.4, -0.2) is 59.9 Å². The Bertz CT molecular complexity index is 577. The third kappa shape index (κ3) is 4.80. The number of carbonyl (C=O) groups is 1. The van der Waals surface area contributed by atoms with Crippen LogP contribution >= 0.6 is 0 Å². The maximum absolute atomic E-state index is 12.7. The lowest BCUT2D eigenvalue weighted by molar-refractivity contribution is -0.126. The summed E-state index contributed by atoms with van der Waals surface area (Å²) in [6.45, 7) is 10.5. The summed E-state index contributed by atoms with van der Waals surface area (Å²) in [5.74, 6) is 0.735. The van der Waals surface area contributed by atoms with Gasteiger partial charge in [-0.05, 0) is 52.7 Å². The topological polar surface area (TPSA) is 90.6 Å². The Morgan fingerprint density at radius 2 is 2.20 bits per heavy atom. The minimum atomic E-state index is -0.670. The molecule has 2 heterocycles. The molecule has 2 rings (SSSR count). The molecule has 0 unspecified atom stereocenters. The van der Waals surface area contributed by atoms with E-state index in [4.69, 9.17) is 4.52 Å². The van der Waals surface area contributed by atoms with Gasteiger partial charge in [0.1, 0.15) is 0 Å². The summed E-state index contributed by atoms with van der Waals surface area (Å²) in [6.07, 6.45) is 2.38. The van der Waals surface area contributed by atoms with Gasteiger partial charge in [-0.3, -0.25) is 15.0 Å². The largest absolute Gasteiger partial charge is 0.395 e. The summed E-state index contributed by atoms with van der Waals surface area (Å²) in [7, 11) is 1.98. The highest BCUT2D eigenvalue weighted by molar-refractivity contribution is 5.96. The Kier molecular flexibility index (Phi) is 6.24. The van der Waals surface area contributed by atoms with Gasteiger partial charge >= 0.3 is 0 Å². The van der Waals surface area contributed by atoms with Crippen LogP contribution in [0.4, 0.5) is 5.88 Å². The fourth-order valence-electron chi connectivity index (χ4n) is 2.87. The summed E-state index contributed by atoms with van der Waals surface area (Å²) in [4.78, 5) is 14.8. The van der Waals surface area contributed by atoms with Gasteiger partial charge in [-0.1, -0.05) is 19.0 Å². The van der Waals surface area contributed by atoms with E-state index in [2.05, 4.69) is 20.7 Å². The molecule has 1 amide bonds. The van der Waals surface area contributed by atoms with Gasteiger partial charge in [0.2, 0.25) is 11.8 Å². The normalized spacial score (nSPS) is 19.2. The third-order valence-corrected chi connectivity index (χ3v) is 5.28. The molecule has 1 aliphatic heterocycles. The number of hydrogen-bond donors (Lipinski definition) is 3. The van der Waals surface area contributed by atoms with Crippen molar-refractivity contribution in [2.45, 2.75) is 51.5 Å². The summed E-state index contributed by atoms with van der Waals surface area (Å²) >= 11 is 0. The first-order chi connectivity index (χ1) is 11.7. The van der Waals surface area contributed by atoms with Crippen molar-refractivity contribution in [1.29, 1.82) is 0 Å². The van der Waals surface area contributed by atoms with Crippen molar-refractivity contribution in [2.75, 3.05) is 38.6 Å². The van der Waals surface area contributed by atoms with Crippen molar-refractivity contribution in [3.8, 4) is 0 Å². The second-order valence-corrected chi connectivity index (χ2v) is 8.22. The molecule has 1 aromatic heterocycles. The molecule has 0 aromatic carbocycles. The molecule has 25 heavy (non-hydrogen) atoms. The number of nitrogens with one attached hydrogen (secondary N) is 2. The number of anilines is 1. The lowest BCUT2D eigenvalue weighted by Crippen LogP contribution is -2.53.